The summed E-state index contributed by atoms with van der Waals surface area (Å²) in [6.07, 6.45) is 3.58. The molecule has 0 fully saturated rings. The first-order chi connectivity index (χ1) is 8.90. The van der Waals surface area contributed by atoms with Crippen LogP contribution in [-0.4, -0.2) is 11.5 Å². The van der Waals surface area contributed by atoms with Gasteiger partial charge in [-0.2, -0.15) is 0 Å². The van der Waals surface area contributed by atoms with Crippen LogP contribution in [-0.2, 0) is 0 Å². The second-order valence-electron chi connectivity index (χ2n) is 4.23. The summed E-state index contributed by atoms with van der Waals surface area (Å²) >= 11 is 0. The minimum absolute atomic E-state index is 0.0786. The number of pyridine rings is 1. The lowest BCUT2D eigenvalue weighted by Gasteiger charge is -2.12. The summed E-state index contributed by atoms with van der Waals surface area (Å²) in [5.41, 5.74) is 8.88. The summed E-state index contributed by atoms with van der Waals surface area (Å²) in [5.74, 6) is 0.0786. The molecule has 0 saturated heterocycles. The number of aromatic nitrogens is 1. The Morgan fingerprint density at radius 1 is 1.11 bits per heavy atom. The molecule has 0 saturated carbocycles. The fraction of sp³-hybridized carbons (Fsp3) is 0.133. The quantitative estimate of drug-likeness (QED) is 0.763. The maximum atomic E-state index is 5.91. The van der Waals surface area contributed by atoms with E-state index in [0.29, 0.717) is 6.54 Å². The minimum atomic E-state index is 0.0786. The fourth-order valence-corrected chi connectivity index (χ4v) is 2.26. The fourth-order valence-electron chi connectivity index (χ4n) is 2.26. The summed E-state index contributed by atoms with van der Waals surface area (Å²) < 4.78 is 5.57. The molecule has 3 heteroatoms. The SMILES string of the molecule is NCC(c1ccccn1)c1coc2ccccc12. The van der Waals surface area contributed by atoms with Crippen molar-refractivity contribution in [1.82, 2.24) is 4.98 Å². The molecule has 3 rings (SSSR count). The van der Waals surface area contributed by atoms with Gasteiger partial charge < -0.3 is 10.2 Å². The molecule has 0 bridgehead atoms. The second kappa shape index (κ2) is 4.63. The van der Waals surface area contributed by atoms with E-state index in [1.165, 1.54) is 0 Å². The third kappa shape index (κ3) is 1.79. The smallest absolute Gasteiger partial charge is 0.134 e. The number of rotatable bonds is 3. The molecule has 0 radical (unpaired) electrons. The first kappa shape index (κ1) is 11.0. The third-order valence-electron chi connectivity index (χ3n) is 3.17. The Kier molecular flexibility index (Phi) is 2.82. The first-order valence-electron chi connectivity index (χ1n) is 5.97. The van der Waals surface area contributed by atoms with Crippen molar-refractivity contribution in [2.24, 2.45) is 5.73 Å². The molecule has 1 aromatic carbocycles. The van der Waals surface area contributed by atoms with Crippen molar-refractivity contribution >= 4 is 11.0 Å². The van der Waals surface area contributed by atoms with Crippen LogP contribution < -0.4 is 5.73 Å². The molecule has 90 valence electrons. The highest BCUT2D eigenvalue weighted by molar-refractivity contribution is 5.81. The van der Waals surface area contributed by atoms with Crippen molar-refractivity contribution in [3.8, 4) is 0 Å². The molecule has 2 aromatic heterocycles. The van der Waals surface area contributed by atoms with E-state index >= 15 is 0 Å². The average molecular weight is 238 g/mol. The van der Waals surface area contributed by atoms with Crippen LogP contribution in [0.15, 0.2) is 59.3 Å². The molecular weight excluding hydrogens is 224 g/mol. The lowest BCUT2D eigenvalue weighted by atomic mass is 9.95. The van der Waals surface area contributed by atoms with E-state index in [2.05, 4.69) is 11.1 Å². The largest absolute Gasteiger partial charge is 0.464 e. The number of nitrogens with two attached hydrogens (primary N) is 1. The summed E-state index contributed by atoms with van der Waals surface area (Å²) in [7, 11) is 0. The number of nitrogens with zero attached hydrogens (tertiary/aromatic N) is 1. The maximum Gasteiger partial charge on any atom is 0.134 e. The third-order valence-corrected chi connectivity index (χ3v) is 3.17. The van der Waals surface area contributed by atoms with Crippen molar-refractivity contribution in [3.63, 3.8) is 0 Å². The normalized spacial score (nSPS) is 12.7. The van der Waals surface area contributed by atoms with Crippen LogP contribution in [0.5, 0.6) is 0 Å². The Morgan fingerprint density at radius 2 is 1.94 bits per heavy atom. The van der Waals surface area contributed by atoms with Gasteiger partial charge in [0.15, 0.2) is 0 Å². The number of furan rings is 1. The molecule has 0 aliphatic heterocycles. The number of fused-ring (bicyclic) bond motifs is 1. The van der Waals surface area contributed by atoms with Crippen LogP contribution in [0, 0.1) is 0 Å². The van der Waals surface area contributed by atoms with Gasteiger partial charge in [-0.15, -0.1) is 0 Å². The van der Waals surface area contributed by atoms with Gasteiger partial charge in [0.05, 0.1) is 6.26 Å². The molecule has 1 unspecified atom stereocenters. The molecule has 0 spiro atoms. The van der Waals surface area contributed by atoms with Crippen molar-refractivity contribution in [1.29, 1.82) is 0 Å². The predicted molar refractivity (Wildman–Crippen MR) is 71.3 cm³/mol. The van der Waals surface area contributed by atoms with Gasteiger partial charge in [-0.1, -0.05) is 24.3 Å². The van der Waals surface area contributed by atoms with Crippen molar-refractivity contribution in [3.05, 3.63) is 66.2 Å². The molecule has 3 nitrogen and oxygen atoms in total. The Balaban J connectivity index is 2.12. The summed E-state index contributed by atoms with van der Waals surface area (Å²) in [6, 6.07) is 13.9. The van der Waals surface area contributed by atoms with Crippen LogP contribution in [0.4, 0.5) is 0 Å². The Bertz CT molecular complexity index is 646. The van der Waals surface area contributed by atoms with Crippen molar-refractivity contribution < 1.29 is 4.42 Å². The summed E-state index contributed by atoms with van der Waals surface area (Å²) in [6.45, 7) is 0.514. The Morgan fingerprint density at radius 3 is 2.72 bits per heavy atom. The Hall–Kier alpha value is -2.13. The highest BCUT2D eigenvalue weighted by Gasteiger charge is 2.18. The highest BCUT2D eigenvalue weighted by atomic mass is 16.3. The van der Waals surface area contributed by atoms with Crippen molar-refractivity contribution in [2.45, 2.75) is 5.92 Å². The number of hydrogen-bond acceptors (Lipinski definition) is 3. The molecular formula is C15H14N2O. The van der Waals surface area contributed by atoms with Crippen molar-refractivity contribution in [2.75, 3.05) is 6.54 Å². The second-order valence-corrected chi connectivity index (χ2v) is 4.23. The zero-order valence-corrected chi connectivity index (χ0v) is 9.91. The molecule has 1 atom stereocenters. The number of para-hydroxylation sites is 1. The van der Waals surface area contributed by atoms with Gasteiger partial charge in [-0.3, -0.25) is 4.98 Å². The average Bonchev–Trinajstić information content (AvgIpc) is 2.85. The van der Waals surface area contributed by atoms with E-state index in [1.807, 2.05) is 36.4 Å². The lowest BCUT2D eigenvalue weighted by Crippen LogP contribution is -2.14. The van der Waals surface area contributed by atoms with Gasteiger partial charge in [0.1, 0.15) is 5.58 Å². The monoisotopic (exact) mass is 238 g/mol. The van der Waals surface area contributed by atoms with E-state index in [-0.39, 0.29) is 5.92 Å². The van der Waals surface area contributed by atoms with E-state index in [4.69, 9.17) is 10.2 Å². The molecule has 0 aliphatic carbocycles. The highest BCUT2D eigenvalue weighted by Crippen LogP contribution is 2.30. The van der Waals surface area contributed by atoms with E-state index in [9.17, 15) is 0 Å². The molecule has 18 heavy (non-hydrogen) atoms. The summed E-state index contributed by atoms with van der Waals surface area (Å²) in [4.78, 5) is 4.39. The first-order valence-corrected chi connectivity index (χ1v) is 5.97. The Labute approximate surface area is 105 Å². The number of hydrogen-bond donors (Lipinski definition) is 1. The standard InChI is InChI=1S/C15H14N2O/c16-9-12(14-6-3-4-8-17-14)13-10-18-15-7-2-1-5-11(13)15/h1-8,10,12H,9,16H2. The minimum Gasteiger partial charge on any atom is -0.464 e. The zero-order chi connectivity index (χ0) is 12.4. The lowest BCUT2D eigenvalue weighted by molar-refractivity contribution is 0.605. The van der Waals surface area contributed by atoms with Gasteiger partial charge in [0.25, 0.3) is 0 Å². The van der Waals surface area contributed by atoms with E-state index in [0.717, 1.165) is 22.2 Å². The van der Waals surface area contributed by atoms with Crippen LogP contribution in [0.25, 0.3) is 11.0 Å². The van der Waals surface area contributed by atoms with Gasteiger partial charge in [0.2, 0.25) is 0 Å². The molecule has 3 aromatic rings. The molecule has 0 aliphatic rings. The van der Waals surface area contributed by atoms with E-state index in [1.54, 1.807) is 12.5 Å². The van der Waals surface area contributed by atoms with Crippen LogP contribution >= 0.6 is 0 Å². The maximum absolute atomic E-state index is 5.91. The van der Waals surface area contributed by atoms with Crippen LogP contribution in [0.3, 0.4) is 0 Å². The van der Waals surface area contributed by atoms with Gasteiger partial charge in [0, 0.05) is 35.3 Å². The molecule has 0 amide bonds. The van der Waals surface area contributed by atoms with Gasteiger partial charge in [-0.05, 0) is 18.2 Å². The van der Waals surface area contributed by atoms with Gasteiger partial charge in [-0.25, -0.2) is 0 Å². The number of benzene rings is 1. The topological polar surface area (TPSA) is 52.0 Å². The molecule has 2 N–H and O–H groups in total. The van der Waals surface area contributed by atoms with Gasteiger partial charge >= 0.3 is 0 Å². The molecule has 2 heterocycles. The van der Waals surface area contributed by atoms with Crippen LogP contribution in [0.1, 0.15) is 17.2 Å². The summed E-state index contributed by atoms with van der Waals surface area (Å²) in [5, 5.41) is 1.11. The zero-order valence-electron chi connectivity index (χ0n) is 9.91. The van der Waals surface area contributed by atoms with E-state index < -0.39 is 0 Å². The van der Waals surface area contributed by atoms with Crippen LogP contribution in [0.2, 0.25) is 0 Å². The predicted octanol–water partition coefficient (Wildman–Crippen LogP) is 2.92.